The van der Waals surface area contributed by atoms with E-state index in [1.54, 1.807) is 0 Å². The van der Waals surface area contributed by atoms with Gasteiger partial charge in [0.05, 0.1) is 5.75 Å². The predicted octanol–water partition coefficient (Wildman–Crippen LogP) is 3.75. The Bertz CT molecular complexity index is 577. The van der Waals surface area contributed by atoms with E-state index in [0.717, 1.165) is 11.3 Å². The number of carbonyl (C=O) groups is 1. The standard InChI is InChI=1S/C15H17NO3S/c1-3-14(15(17)18)20-9-12-8-13(16-19-12)11-6-4-10(2)5-7-11/h4-8,14H,3,9H2,1-2H3,(H,17,18). The average molecular weight is 291 g/mol. The minimum absolute atomic E-state index is 0.400. The summed E-state index contributed by atoms with van der Waals surface area (Å²) in [6, 6.07) is 9.91. The van der Waals surface area contributed by atoms with Crippen LogP contribution in [0, 0.1) is 6.92 Å². The Morgan fingerprint density at radius 2 is 2.10 bits per heavy atom. The van der Waals surface area contributed by atoms with Gasteiger partial charge in [-0.05, 0) is 13.3 Å². The summed E-state index contributed by atoms with van der Waals surface area (Å²) in [4.78, 5) is 10.9. The van der Waals surface area contributed by atoms with Gasteiger partial charge in [0.25, 0.3) is 0 Å². The SMILES string of the molecule is CCC(SCc1cc(-c2ccc(C)cc2)no1)C(=O)O. The van der Waals surface area contributed by atoms with Gasteiger partial charge in [-0.3, -0.25) is 4.79 Å². The van der Waals surface area contributed by atoms with Gasteiger partial charge in [0.1, 0.15) is 16.7 Å². The largest absolute Gasteiger partial charge is 0.480 e. The maximum atomic E-state index is 10.9. The molecule has 1 heterocycles. The van der Waals surface area contributed by atoms with Crippen molar-refractivity contribution in [1.29, 1.82) is 0 Å². The van der Waals surface area contributed by atoms with Gasteiger partial charge in [-0.15, -0.1) is 11.8 Å². The van der Waals surface area contributed by atoms with Crippen LogP contribution in [0.3, 0.4) is 0 Å². The lowest BCUT2D eigenvalue weighted by Crippen LogP contribution is -2.14. The van der Waals surface area contributed by atoms with Gasteiger partial charge in [-0.2, -0.15) is 0 Å². The molecule has 1 unspecified atom stereocenters. The van der Waals surface area contributed by atoms with Crippen molar-refractivity contribution < 1.29 is 14.4 Å². The minimum atomic E-state index is -0.782. The lowest BCUT2D eigenvalue weighted by atomic mass is 10.1. The summed E-state index contributed by atoms with van der Waals surface area (Å²) >= 11 is 1.36. The van der Waals surface area contributed by atoms with Crippen LogP contribution in [0.1, 0.15) is 24.7 Å². The number of carboxylic acids is 1. The van der Waals surface area contributed by atoms with E-state index >= 15 is 0 Å². The van der Waals surface area contributed by atoms with E-state index in [1.807, 2.05) is 44.2 Å². The summed E-state index contributed by atoms with van der Waals surface area (Å²) in [5, 5.41) is 12.6. The van der Waals surface area contributed by atoms with Gasteiger partial charge in [0.2, 0.25) is 0 Å². The number of aliphatic carboxylic acids is 1. The second-order valence-corrected chi connectivity index (χ2v) is 5.78. The van der Waals surface area contributed by atoms with Crippen molar-refractivity contribution in [3.8, 4) is 11.3 Å². The van der Waals surface area contributed by atoms with Crippen LogP contribution in [-0.2, 0) is 10.5 Å². The highest BCUT2D eigenvalue weighted by molar-refractivity contribution is 7.99. The first-order valence-electron chi connectivity index (χ1n) is 6.47. The van der Waals surface area contributed by atoms with Crippen LogP contribution in [0.4, 0.5) is 0 Å². The number of benzene rings is 1. The molecule has 106 valence electrons. The lowest BCUT2D eigenvalue weighted by Gasteiger charge is -2.06. The molecule has 0 aliphatic carbocycles. The molecule has 0 saturated heterocycles. The van der Waals surface area contributed by atoms with E-state index in [9.17, 15) is 4.79 Å². The average Bonchev–Trinajstić information content (AvgIpc) is 2.89. The molecule has 5 heteroatoms. The highest BCUT2D eigenvalue weighted by Gasteiger charge is 2.16. The van der Waals surface area contributed by atoms with E-state index in [1.165, 1.54) is 17.3 Å². The summed E-state index contributed by atoms with van der Waals surface area (Å²) in [6.45, 7) is 3.90. The molecule has 0 aliphatic heterocycles. The fourth-order valence-corrected chi connectivity index (χ4v) is 2.67. The van der Waals surface area contributed by atoms with Crippen LogP contribution >= 0.6 is 11.8 Å². The number of nitrogens with zero attached hydrogens (tertiary/aromatic N) is 1. The van der Waals surface area contributed by atoms with Crippen molar-refractivity contribution in [2.75, 3.05) is 0 Å². The highest BCUT2D eigenvalue weighted by Crippen LogP contribution is 2.24. The fraction of sp³-hybridized carbons (Fsp3) is 0.333. The monoisotopic (exact) mass is 291 g/mol. The summed E-state index contributed by atoms with van der Waals surface area (Å²) in [6.07, 6.45) is 0.596. The van der Waals surface area contributed by atoms with Crippen molar-refractivity contribution in [3.05, 3.63) is 41.7 Å². The Kier molecular flexibility index (Phi) is 4.84. The molecule has 0 spiro atoms. The van der Waals surface area contributed by atoms with Crippen LogP contribution in [0.2, 0.25) is 0 Å². The Labute approximate surface area is 122 Å². The van der Waals surface area contributed by atoms with Crippen molar-refractivity contribution >= 4 is 17.7 Å². The molecule has 0 aliphatic rings. The van der Waals surface area contributed by atoms with Crippen molar-refractivity contribution in [3.63, 3.8) is 0 Å². The molecule has 0 amide bonds. The number of carboxylic acid groups (broad SMARTS) is 1. The van der Waals surface area contributed by atoms with Crippen molar-refractivity contribution in [2.24, 2.45) is 0 Å². The van der Waals surface area contributed by atoms with E-state index < -0.39 is 11.2 Å². The number of aromatic nitrogens is 1. The third kappa shape index (κ3) is 3.63. The smallest absolute Gasteiger partial charge is 0.316 e. The fourth-order valence-electron chi connectivity index (χ4n) is 1.79. The van der Waals surface area contributed by atoms with Gasteiger partial charge < -0.3 is 9.63 Å². The molecule has 1 atom stereocenters. The maximum absolute atomic E-state index is 10.9. The summed E-state index contributed by atoms with van der Waals surface area (Å²) in [5.74, 6) is 0.435. The second-order valence-electron chi connectivity index (χ2n) is 4.59. The normalized spacial score (nSPS) is 12.3. The highest BCUT2D eigenvalue weighted by atomic mass is 32.2. The Morgan fingerprint density at radius 1 is 1.40 bits per heavy atom. The van der Waals surface area contributed by atoms with Gasteiger partial charge in [0, 0.05) is 11.6 Å². The zero-order valence-corrected chi connectivity index (χ0v) is 12.3. The van der Waals surface area contributed by atoms with E-state index in [0.29, 0.717) is 17.9 Å². The molecule has 2 aromatic rings. The number of thioether (sulfide) groups is 1. The Morgan fingerprint density at radius 3 is 2.70 bits per heavy atom. The first-order chi connectivity index (χ1) is 9.60. The lowest BCUT2D eigenvalue weighted by molar-refractivity contribution is -0.136. The van der Waals surface area contributed by atoms with Crippen LogP contribution in [-0.4, -0.2) is 21.5 Å². The van der Waals surface area contributed by atoms with Crippen LogP contribution in [0.5, 0.6) is 0 Å². The number of hydrogen-bond acceptors (Lipinski definition) is 4. The summed E-state index contributed by atoms with van der Waals surface area (Å²) in [7, 11) is 0. The summed E-state index contributed by atoms with van der Waals surface area (Å²) in [5.41, 5.74) is 2.98. The van der Waals surface area contributed by atoms with Crippen LogP contribution in [0.15, 0.2) is 34.9 Å². The van der Waals surface area contributed by atoms with Crippen LogP contribution < -0.4 is 0 Å². The van der Waals surface area contributed by atoms with Crippen LogP contribution in [0.25, 0.3) is 11.3 Å². The molecule has 0 bridgehead atoms. The maximum Gasteiger partial charge on any atom is 0.316 e. The molecule has 1 aromatic carbocycles. The molecule has 0 saturated carbocycles. The van der Waals surface area contributed by atoms with Crippen molar-refractivity contribution in [2.45, 2.75) is 31.3 Å². The molecule has 0 fully saturated rings. The first-order valence-corrected chi connectivity index (χ1v) is 7.52. The van der Waals surface area contributed by atoms with E-state index in [4.69, 9.17) is 9.63 Å². The quantitative estimate of drug-likeness (QED) is 0.878. The van der Waals surface area contributed by atoms with Crippen molar-refractivity contribution in [1.82, 2.24) is 5.16 Å². The van der Waals surface area contributed by atoms with Gasteiger partial charge in [0.15, 0.2) is 0 Å². The zero-order chi connectivity index (χ0) is 14.5. The molecular formula is C15H17NO3S. The first kappa shape index (κ1) is 14.7. The molecule has 2 rings (SSSR count). The predicted molar refractivity (Wildman–Crippen MR) is 79.7 cm³/mol. The molecule has 0 radical (unpaired) electrons. The van der Waals surface area contributed by atoms with Gasteiger partial charge >= 0.3 is 5.97 Å². The zero-order valence-electron chi connectivity index (χ0n) is 11.5. The molecule has 1 N–H and O–H groups in total. The Hall–Kier alpha value is -1.75. The molecule has 1 aromatic heterocycles. The van der Waals surface area contributed by atoms with Gasteiger partial charge in [-0.25, -0.2) is 0 Å². The topological polar surface area (TPSA) is 63.3 Å². The summed E-state index contributed by atoms with van der Waals surface area (Å²) < 4.78 is 5.26. The number of rotatable bonds is 6. The third-order valence-electron chi connectivity index (χ3n) is 2.98. The van der Waals surface area contributed by atoms with E-state index in [2.05, 4.69) is 5.16 Å². The molecule has 4 nitrogen and oxygen atoms in total. The second kappa shape index (κ2) is 6.61. The molecular weight excluding hydrogens is 274 g/mol. The van der Waals surface area contributed by atoms with E-state index in [-0.39, 0.29) is 0 Å². The third-order valence-corrected chi connectivity index (χ3v) is 4.37. The number of hydrogen-bond donors (Lipinski definition) is 1. The molecule has 20 heavy (non-hydrogen) atoms. The number of aryl methyl sites for hydroxylation is 1. The Balaban J connectivity index is 2.02. The minimum Gasteiger partial charge on any atom is -0.480 e. The van der Waals surface area contributed by atoms with Gasteiger partial charge in [-0.1, -0.05) is 41.9 Å².